The predicted molar refractivity (Wildman–Crippen MR) is 132 cm³/mol. The van der Waals surface area contributed by atoms with Crippen molar-refractivity contribution in [2.75, 3.05) is 31.7 Å². The molecule has 8 heteroatoms. The van der Waals surface area contributed by atoms with Crippen LogP contribution in [0.4, 0.5) is 4.79 Å². The molecule has 2 amide bonds. The number of hydrogen-bond donors (Lipinski definition) is 2. The molecule has 2 aromatic rings. The molecule has 0 bridgehead atoms. The number of carboxylic acid groups (broad SMARTS) is 1. The average molecular weight is 483 g/mol. The maximum atomic E-state index is 13.1. The van der Waals surface area contributed by atoms with Crippen molar-refractivity contribution in [2.45, 2.75) is 31.2 Å². The van der Waals surface area contributed by atoms with Crippen molar-refractivity contribution in [1.29, 1.82) is 0 Å². The van der Waals surface area contributed by atoms with Crippen molar-refractivity contribution >= 4 is 29.7 Å². The van der Waals surface area contributed by atoms with E-state index in [1.165, 1.54) is 0 Å². The fourth-order valence-corrected chi connectivity index (χ4v) is 5.31. The van der Waals surface area contributed by atoms with Crippen LogP contribution in [-0.4, -0.2) is 65.7 Å². The van der Waals surface area contributed by atoms with Crippen LogP contribution in [0.5, 0.6) is 0 Å². The van der Waals surface area contributed by atoms with Crippen LogP contribution in [0.3, 0.4) is 0 Å². The number of rotatable bonds is 8. The van der Waals surface area contributed by atoms with Gasteiger partial charge in [0, 0.05) is 19.0 Å². The lowest BCUT2D eigenvalue weighted by Gasteiger charge is -2.33. The third-order valence-corrected chi connectivity index (χ3v) is 7.34. The molecule has 1 heterocycles. The second-order valence-corrected chi connectivity index (χ2v) is 9.73. The Morgan fingerprint density at radius 1 is 1.06 bits per heavy atom. The summed E-state index contributed by atoms with van der Waals surface area (Å²) in [6.45, 7) is 0.961. The van der Waals surface area contributed by atoms with Crippen LogP contribution in [0.2, 0.25) is 0 Å². The molecule has 0 saturated carbocycles. The molecule has 1 aliphatic carbocycles. The van der Waals surface area contributed by atoms with Gasteiger partial charge in [-0.2, -0.15) is 11.8 Å². The highest BCUT2D eigenvalue weighted by molar-refractivity contribution is 7.98. The molecule has 0 spiro atoms. The van der Waals surface area contributed by atoms with E-state index in [9.17, 15) is 19.5 Å². The van der Waals surface area contributed by atoms with Crippen molar-refractivity contribution in [2.24, 2.45) is 5.92 Å². The van der Waals surface area contributed by atoms with E-state index < -0.39 is 24.0 Å². The normalized spacial score (nSPS) is 16.4. The number of likely N-dealkylation sites (tertiary alicyclic amines) is 1. The molecule has 2 aromatic carbocycles. The topological polar surface area (TPSA) is 95.9 Å². The van der Waals surface area contributed by atoms with Crippen molar-refractivity contribution < 1.29 is 24.2 Å². The number of benzene rings is 2. The van der Waals surface area contributed by atoms with Gasteiger partial charge in [0.05, 0.1) is 5.92 Å². The first-order valence-electron chi connectivity index (χ1n) is 11.6. The Morgan fingerprint density at radius 2 is 1.65 bits per heavy atom. The first-order chi connectivity index (χ1) is 16.5. The van der Waals surface area contributed by atoms with Crippen LogP contribution in [0, 0.1) is 5.92 Å². The number of carboxylic acids is 1. The highest BCUT2D eigenvalue weighted by Crippen LogP contribution is 2.44. The van der Waals surface area contributed by atoms with Gasteiger partial charge in [0.2, 0.25) is 5.91 Å². The molecular formula is C26H30N2O5S. The van der Waals surface area contributed by atoms with Crippen molar-refractivity contribution in [3.05, 3.63) is 59.7 Å². The fraction of sp³-hybridized carbons (Fsp3) is 0.423. The van der Waals surface area contributed by atoms with Crippen LogP contribution >= 0.6 is 11.8 Å². The Morgan fingerprint density at radius 3 is 2.21 bits per heavy atom. The third-order valence-electron chi connectivity index (χ3n) is 6.70. The molecular weight excluding hydrogens is 452 g/mol. The first-order valence-corrected chi connectivity index (χ1v) is 13.0. The smallest absolute Gasteiger partial charge is 0.407 e. The average Bonchev–Trinajstić information content (AvgIpc) is 3.18. The van der Waals surface area contributed by atoms with E-state index in [1.54, 1.807) is 16.7 Å². The van der Waals surface area contributed by atoms with Crippen LogP contribution in [0.15, 0.2) is 48.5 Å². The fourth-order valence-electron chi connectivity index (χ4n) is 4.84. The van der Waals surface area contributed by atoms with Crippen molar-refractivity contribution in [3.63, 3.8) is 0 Å². The van der Waals surface area contributed by atoms with E-state index in [1.807, 2.05) is 30.5 Å². The van der Waals surface area contributed by atoms with Gasteiger partial charge >= 0.3 is 12.1 Å². The Kier molecular flexibility index (Phi) is 7.77. The quantitative estimate of drug-likeness (QED) is 0.591. The van der Waals surface area contributed by atoms with Crippen LogP contribution < -0.4 is 5.32 Å². The number of aliphatic carboxylic acids is 1. The van der Waals surface area contributed by atoms with E-state index in [0.29, 0.717) is 38.1 Å². The number of hydrogen-bond acceptors (Lipinski definition) is 5. The second-order valence-electron chi connectivity index (χ2n) is 8.74. The summed E-state index contributed by atoms with van der Waals surface area (Å²) < 4.78 is 5.63. The molecule has 1 aliphatic heterocycles. The molecule has 0 unspecified atom stereocenters. The summed E-state index contributed by atoms with van der Waals surface area (Å²) in [6.07, 6.45) is 2.69. The zero-order valence-electron chi connectivity index (χ0n) is 19.2. The summed E-state index contributed by atoms with van der Waals surface area (Å²) in [4.78, 5) is 38.7. The SMILES string of the molecule is CSCC[C@H](NC(=O)OCC1c2ccccc2-c2ccccc21)C(=O)N1CCC(C(=O)O)CC1. The lowest BCUT2D eigenvalue weighted by atomic mass is 9.96. The van der Waals surface area contributed by atoms with Crippen LogP contribution in [-0.2, 0) is 14.3 Å². The minimum absolute atomic E-state index is 0.0476. The summed E-state index contributed by atoms with van der Waals surface area (Å²) in [7, 11) is 0. The summed E-state index contributed by atoms with van der Waals surface area (Å²) in [5.74, 6) is -0.738. The highest BCUT2D eigenvalue weighted by Gasteiger charge is 2.33. The second kappa shape index (κ2) is 11.0. The third kappa shape index (κ3) is 5.22. The van der Waals surface area contributed by atoms with E-state index in [4.69, 9.17) is 4.74 Å². The molecule has 180 valence electrons. The van der Waals surface area contributed by atoms with Crippen molar-refractivity contribution in [3.8, 4) is 11.1 Å². The first kappa shape index (κ1) is 24.1. The number of alkyl carbamates (subject to hydrolysis) is 1. The molecule has 7 nitrogen and oxygen atoms in total. The summed E-state index contributed by atoms with van der Waals surface area (Å²) >= 11 is 1.60. The van der Waals surface area contributed by atoms with Gasteiger partial charge in [-0.3, -0.25) is 9.59 Å². The number of nitrogens with one attached hydrogen (secondary N) is 1. The maximum Gasteiger partial charge on any atom is 0.407 e. The number of carbonyl (C=O) groups excluding carboxylic acids is 2. The Hall–Kier alpha value is -3.00. The Balaban J connectivity index is 1.38. The standard InChI is InChI=1S/C26H30N2O5S/c1-34-15-12-23(24(29)28-13-10-17(11-14-28)25(30)31)27-26(32)33-16-22-20-8-4-2-6-18(20)19-7-3-5-9-21(19)22/h2-9,17,22-23H,10-16H2,1H3,(H,27,32)(H,30,31)/t23-/m0/s1. The van der Waals surface area contributed by atoms with Gasteiger partial charge in [-0.25, -0.2) is 4.79 Å². The minimum atomic E-state index is -0.817. The van der Waals surface area contributed by atoms with E-state index in [2.05, 4.69) is 29.6 Å². The van der Waals surface area contributed by atoms with Gasteiger partial charge in [0.15, 0.2) is 0 Å². The lowest BCUT2D eigenvalue weighted by Crippen LogP contribution is -2.51. The zero-order chi connectivity index (χ0) is 24.1. The van der Waals surface area contributed by atoms with Gasteiger partial charge in [-0.1, -0.05) is 48.5 Å². The monoisotopic (exact) mass is 482 g/mol. The molecule has 2 N–H and O–H groups in total. The molecule has 2 aliphatic rings. The van der Waals surface area contributed by atoms with Gasteiger partial charge < -0.3 is 20.1 Å². The van der Waals surface area contributed by atoms with Crippen molar-refractivity contribution in [1.82, 2.24) is 10.2 Å². The molecule has 34 heavy (non-hydrogen) atoms. The highest BCUT2D eigenvalue weighted by atomic mass is 32.2. The van der Waals surface area contributed by atoms with Gasteiger partial charge in [0.25, 0.3) is 0 Å². The molecule has 0 radical (unpaired) electrons. The lowest BCUT2D eigenvalue weighted by molar-refractivity contribution is -0.146. The number of ether oxygens (including phenoxy) is 1. The van der Waals surface area contributed by atoms with Gasteiger partial charge in [0.1, 0.15) is 12.6 Å². The number of amides is 2. The molecule has 4 rings (SSSR count). The zero-order valence-corrected chi connectivity index (χ0v) is 20.1. The Bertz CT molecular complexity index is 1010. The molecule has 1 fully saturated rings. The maximum absolute atomic E-state index is 13.1. The number of carbonyl (C=O) groups is 3. The summed E-state index contributed by atoms with van der Waals surface area (Å²) in [5, 5.41) is 12.0. The van der Waals surface area contributed by atoms with Gasteiger partial charge in [-0.15, -0.1) is 0 Å². The van der Waals surface area contributed by atoms with E-state index in [0.717, 1.165) is 22.3 Å². The predicted octanol–water partition coefficient (Wildman–Crippen LogP) is 3.97. The number of piperidine rings is 1. The number of fused-ring (bicyclic) bond motifs is 3. The molecule has 1 saturated heterocycles. The number of nitrogens with zero attached hydrogens (tertiary/aromatic N) is 1. The summed E-state index contributed by atoms with van der Waals surface area (Å²) in [6, 6.07) is 15.6. The minimum Gasteiger partial charge on any atom is -0.481 e. The van der Waals surface area contributed by atoms with E-state index in [-0.39, 0.29) is 18.4 Å². The summed E-state index contributed by atoms with van der Waals surface area (Å²) in [5.41, 5.74) is 4.58. The Labute approximate surface area is 203 Å². The number of thioether (sulfide) groups is 1. The van der Waals surface area contributed by atoms with Gasteiger partial charge in [-0.05, 0) is 53.5 Å². The molecule has 0 aromatic heterocycles. The largest absolute Gasteiger partial charge is 0.481 e. The van der Waals surface area contributed by atoms with Crippen LogP contribution in [0.25, 0.3) is 11.1 Å². The molecule has 1 atom stereocenters. The van der Waals surface area contributed by atoms with E-state index >= 15 is 0 Å². The van der Waals surface area contributed by atoms with Crippen LogP contribution in [0.1, 0.15) is 36.3 Å².